The van der Waals surface area contributed by atoms with Crippen molar-refractivity contribution >= 4 is 11.7 Å². The van der Waals surface area contributed by atoms with Crippen LogP contribution in [0.2, 0.25) is 0 Å². The minimum absolute atomic E-state index is 0.0165. The van der Waals surface area contributed by atoms with E-state index in [2.05, 4.69) is 0 Å². The minimum Gasteiger partial charge on any atom is -0.465 e. The number of carbonyl (C=O) groups is 1. The molecular formula is C13H18N2O4. The second-order valence-corrected chi connectivity index (χ2v) is 4.26. The lowest BCUT2D eigenvalue weighted by Gasteiger charge is -2.11. The number of unbranched alkanes of at least 4 members (excludes halogenated alkanes) is 1. The Morgan fingerprint density at radius 3 is 2.58 bits per heavy atom. The van der Waals surface area contributed by atoms with Crippen LogP contribution in [-0.2, 0) is 16.0 Å². The van der Waals surface area contributed by atoms with E-state index in [0.717, 1.165) is 18.4 Å². The zero-order chi connectivity index (χ0) is 14.3. The number of ether oxygens (including phenoxy) is 1. The topological polar surface area (TPSA) is 95.5 Å². The maximum atomic E-state index is 11.5. The molecule has 0 heterocycles. The number of esters is 1. The number of benzene rings is 1. The lowest BCUT2D eigenvalue weighted by Crippen LogP contribution is -2.34. The number of non-ortho nitro benzene ring substituents is 1. The van der Waals surface area contributed by atoms with Crippen molar-refractivity contribution in [3.63, 3.8) is 0 Å². The second kappa shape index (κ2) is 7.48. The van der Waals surface area contributed by atoms with E-state index in [1.54, 1.807) is 12.1 Å². The maximum Gasteiger partial charge on any atom is 0.323 e. The van der Waals surface area contributed by atoms with Crippen LogP contribution in [0.5, 0.6) is 0 Å². The van der Waals surface area contributed by atoms with Crippen LogP contribution >= 0.6 is 0 Å². The second-order valence-electron chi connectivity index (χ2n) is 4.26. The van der Waals surface area contributed by atoms with Crippen LogP contribution in [0.3, 0.4) is 0 Å². The van der Waals surface area contributed by atoms with E-state index in [0.29, 0.717) is 13.0 Å². The van der Waals surface area contributed by atoms with Crippen molar-refractivity contribution in [3.8, 4) is 0 Å². The Labute approximate surface area is 111 Å². The molecule has 19 heavy (non-hydrogen) atoms. The average molecular weight is 266 g/mol. The van der Waals surface area contributed by atoms with Gasteiger partial charge in [0.15, 0.2) is 0 Å². The van der Waals surface area contributed by atoms with Crippen molar-refractivity contribution in [2.45, 2.75) is 32.2 Å². The van der Waals surface area contributed by atoms with Gasteiger partial charge in [0.05, 0.1) is 11.5 Å². The molecular weight excluding hydrogens is 248 g/mol. The summed E-state index contributed by atoms with van der Waals surface area (Å²) in [6.45, 7) is 2.38. The third-order valence-corrected chi connectivity index (χ3v) is 2.65. The number of hydrogen-bond acceptors (Lipinski definition) is 5. The fourth-order valence-electron chi connectivity index (χ4n) is 1.52. The molecule has 0 saturated heterocycles. The van der Waals surface area contributed by atoms with Crippen molar-refractivity contribution < 1.29 is 14.5 Å². The number of nitro benzene ring substituents is 1. The van der Waals surface area contributed by atoms with Crippen molar-refractivity contribution in [2.75, 3.05) is 6.61 Å². The molecule has 0 aliphatic carbocycles. The van der Waals surface area contributed by atoms with Gasteiger partial charge in [-0.15, -0.1) is 0 Å². The molecule has 0 amide bonds. The van der Waals surface area contributed by atoms with Crippen LogP contribution in [0.25, 0.3) is 0 Å². The van der Waals surface area contributed by atoms with Crippen LogP contribution in [0.15, 0.2) is 24.3 Å². The Bertz CT molecular complexity index is 431. The van der Waals surface area contributed by atoms with Gasteiger partial charge in [-0.1, -0.05) is 25.5 Å². The first-order valence-corrected chi connectivity index (χ1v) is 6.20. The molecule has 1 rings (SSSR count). The first-order chi connectivity index (χ1) is 9.04. The number of hydrogen-bond donors (Lipinski definition) is 1. The lowest BCUT2D eigenvalue weighted by atomic mass is 10.1. The number of nitrogens with zero attached hydrogens (tertiary/aromatic N) is 1. The molecule has 0 fully saturated rings. The van der Waals surface area contributed by atoms with Gasteiger partial charge in [0.2, 0.25) is 0 Å². The van der Waals surface area contributed by atoms with E-state index in [9.17, 15) is 14.9 Å². The van der Waals surface area contributed by atoms with Gasteiger partial charge in [-0.3, -0.25) is 14.9 Å². The van der Waals surface area contributed by atoms with Gasteiger partial charge in [-0.05, 0) is 18.4 Å². The van der Waals surface area contributed by atoms with Crippen LogP contribution in [0, 0.1) is 10.1 Å². The molecule has 0 saturated carbocycles. The SMILES string of the molecule is CCCCOC(=O)[C@@H](N)Cc1ccc([N+](=O)[O-])cc1. The maximum absolute atomic E-state index is 11.5. The predicted octanol–water partition coefficient (Wildman–Crippen LogP) is 1.81. The van der Waals surface area contributed by atoms with Gasteiger partial charge in [0.25, 0.3) is 5.69 Å². The van der Waals surface area contributed by atoms with Gasteiger partial charge >= 0.3 is 5.97 Å². The van der Waals surface area contributed by atoms with Crippen molar-refractivity contribution in [3.05, 3.63) is 39.9 Å². The van der Waals surface area contributed by atoms with Crippen LogP contribution < -0.4 is 5.73 Å². The molecule has 2 N–H and O–H groups in total. The van der Waals surface area contributed by atoms with Gasteiger partial charge in [0.1, 0.15) is 6.04 Å². The van der Waals surface area contributed by atoms with E-state index in [-0.39, 0.29) is 5.69 Å². The smallest absolute Gasteiger partial charge is 0.323 e. The van der Waals surface area contributed by atoms with Gasteiger partial charge in [-0.25, -0.2) is 0 Å². The normalized spacial score (nSPS) is 11.9. The van der Waals surface area contributed by atoms with E-state index in [1.807, 2.05) is 6.92 Å². The third kappa shape index (κ3) is 5.05. The summed E-state index contributed by atoms with van der Waals surface area (Å²) in [5.41, 5.74) is 6.51. The molecule has 0 radical (unpaired) electrons. The molecule has 0 aromatic heterocycles. The van der Waals surface area contributed by atoms with Crippen molar-refractivity contribution in [2.24, 2.45) is 5.73 Å². The van der Waals surface area contributed by atoms with Crippen LogP contribution in [0.4, 0.5) is 5.69 Å². The third-order valence-electron chi connectivity index (χ3n) is 2.65. The number of nitrogens with two attached hydrogens (primary N) is 1. The quantitative estimate of drug-likeness (QED) is 0.351. The van der Waals surface area contributed by atoms with E-state index in [1.165, 1.54) is 12.1 Å². The molecule has 0 aliphatic rings. The summed E-state index contributed by atoms with van der Waals surface area (Å²) in [4.78, 5) is 21.6. The van der Waals surface area contributed by atoms with Crippen molar-refractivity contribution in [1.82, 2.24) is 0 Å². The van der Waals surface area contributed by atoms with E-state index in [4.69, 9.17) is 10.5 Å². The Morgan fingerprint density at radius 2 is 2.05 bits per heavy atom. The Balaban J connectivity index is 2.49. The summed E-state index contributed by atoms with van der Waals surface area (Å²) in [5, 5.41) is 10.5. The van der Waals surface area contributed by atoms with E-state index < -0.39 is 16.9 Å². The summed E-state index contributed by atoms with van der Waals surface area (Å²) in [5.74, 6) is -0.438. The summed E-state index contributed by atoms with van der Waals surface area (Å²) < 4.78 is 5.01. The molecule has 6 heteroatoms. The monoisotopic (exact) mass is 266 g/mol. The summed E-state index contributed by atoms with van der Waals surface area (Å²) in [7, 11) is 0. The largest absolute Gasteiger partial charge is 0.465 e. The molecule has 104 valence electrons. The van der Waals surface area contributed by atoms with Crippen molar-refractivity contribution in [1.29, 1.82) is 0 Å². The highest BCUT2D eigenvalue weighted by atomic mass is 16.6. The van der Waals surface area contributed by atoms with Crippen LogP contribution in [0.1, 0.15) is 25.3 Å². The zero-order valence-corrected chi connectivity index (χ0v) is 10.9. The summed E-state index contributed by atoms with van der Waals surface area (Å²) in [6.07, 6.45) is 2.07. The number of carbonyl (C=O) groups excluding carboxylic acids is 1. The minimum atomic E-state index is -0.738. The lowest BCUT2D eigenvalue weighted by molar-refractivity contribution is -0.384. The molecule has 0 bridgehead atoms. The Kier molecular flexibility index (Phi) is 5.95. The van der Waals surface area contributed by atoms with Gasteiger partial charge in [-0.2, -0.15) is 0 Å². The summed E-state index contributed by atoms with van der Waals surface area (Å²) >= 11 is 0. The molecule has 6 nitrogen and oxygen atoms in total. The first-order valence-electron chi connectivity index (χ1n) is 6.20. The van der Waals surface area contributed by atoms with E-state index >= 15 is 0 Å². The number of nitro groups is 1. The standard InChI is InChI=1S/C13H18N2O4/c1-2-3-8-19-13(16)12(14)9-10-4-6-11(7-5-10)15(17)18/h4-7,12H,2-3,8-9,14H2,1H3/t12-/m0/s1. The van der Waals surface area contributed by atoms with Gasteiger partial charge < -0.3 is 10.5 Å². The Morgan fingerprint density at radius 1 is 1.42 bits per heavy atom. The van der Waals surface area contributed by atoms with Gasteiger partial charge in [0, 0.05) is 12.1 Å². The molecule has 0 aliphatic heterocycles. The molecule has 1 aromatic rings. The predicted molar refractivity (Wildman–Crippen MR) is 70.6 cm³/mol. The number of rotatable bonds is 7. The van der Waals surface area contributed by atoms with Crippen LogP contribution in [-0.4, -0.2) is 23.5 Å². The molecule has 0 unspecified atom stereocenters. The summed E-state index contributed by atoms with van der Waals surface area (Å²) in [6, 6.07) is 5.24. The molecule has 1 atom stereocenters. The Hall–Kier alpha value is -1.95. The molecule has 1 aromatic carbocycles. The highest BCUT2D eigenvalue weighted by molar-refractivity contribution is 5.75. The zero-order valence-electron chi connectivity index (χ0n) is 10.9. The average Bonchev–Trinajstić information content (AvgIpc) is 2.39. The fraction of sp³-hybridized carbons (Fsp3) is 0.462. The molecule has 0 spiro atoms. The highest BCUT2D eigenvalue weighted by Gasteiger charge is 2.16. The highest BCUT2D eigenvalue weighted by Crippen LogP contribution is 2.13. The fourth-order valence-corrected chi connectivity index (χ4v) is 1.52. The first kappa shape index (κ1) is 15.1.